The summed E-state index contributed by atoms with van der Waals surface area (Å²) in [6, 6.07) is 28.0. The Labute approximate surface area is 173 Å². The van der Waals surface area contributed by atoms with E-state index in [0.29, 0.717) is 5.56 Å². The number of carbonyl (C=O) groups is 1. The van der Waals surface area contributed by atoms with Crippen molar-refractivity contribution in [2.75, 3.05) is 0 Å². The van der Waals surface area contributed by atoms with Crippen LogP contribution in [0.15, 0.2) is 90.0 Å². The zero-order valence-corrected chi connectivity index (χ0v) is 16.5. The van der Waals surface area contributed by atoms with Gasteiger partial charge in [0.25, 0.3) is 5.91 Å². The maximum absolute atomic E-state index is 12.9. The third kappa shape index (κ3) is 3.18. The molecule has 1 N–H and O–H groups in total. The predicted molar refractivity (Wildman–Crippen MR) is 123 cm³/mol. The summed E-state index contributed by atoms with van der Waals surface area (Å²) in [4.78, 5) is 17.4. The molecule has 144 valence electrons. The number of fused-ring (bicyclic) bond motifs is 3. The van der Waals surface area contributed by atoms with Crippen LogP contribution in [0.25, 0.3) is 32.4 Å². The van der Waals surface area contributed by atoms with E-state index in [0.717, 1.165) is 43.7 Å². The Morgan fingerprint density at radius 3 is 2.13 bits per heavy atom. The lowest BCUT2D eigenvalue weighted by atomic mass is 9.97. The number of nitrogens with zero attached hydrogens (tertiary/aromatic N) is 2. The number of carbonyl (C=O) groups excluding carboxylic acids is 1. The van der Waals surface area contributed by atoms with Crippen LogP contribution in [0.5, 0.6) is 0 Å². The summed E-state index contributed by atoms with van der Waals surface area (Å²) < 4.78 is 0. The molecule has 1 aromatic heterocycles. The van der Waals surface area contributed by atoms with Crippen LogP contribution < -0.4 is 5.43 Å². The van der Waals surface area contributed by atoms with Gasteiger partial charge in [0.05, 0.1) is 17.3 Å². The van der Waals surface area contributed by atoms with E-state index in [4.69, 9.17) is 0 Å². The van der Waals surface area contributed by atoms with Crippen molar-refractivity contribution in [2.24, 2.45) is 5.10 Å². The maximum atomic E-state index is 12.9. The smallest absolute Gasteiger partial charge is 0.267 e. The Morgan fingerprint density at radius 1 is 0.833 bits per heavy atom. The van der Waals surface area contributed by atoms with E-state index in [1.807, 2.05) is 55.5 Å². The first-order chi connectivity index (χ1) is 14.7. The molecular formula is C26H19N3O. The standard InChI is InChI=1S/C26H19N3O/c1-17-14-23(22-12-6-7-13-25(22)28-17)26(30)29-27-16-24-20-10-4-2-8-18(20)15-19-9-3-5-11-21(19)24/h2-16H,1H3,(H,29,30)/b27-16-. The third-order valence-corrected chi connectivity index (χ3v) is 5.26. The van der Waals surface area contributed by atoms with Gasteiger partial charge in [0.1, 0.15) is 0 Å². The average Bonchev–Trinajstić information content (AvgIpc) is 2.78. The summed E-state index contributed by atoms with van der Waals surface area (Å²) in [6.45, 7) is 1.88. The molecule has 4 nitrogen and oxygen atoms in total. The van der Waals surface area contributed by atoms with Crippen molar-refractivity contribution in [3.8, 4) is 0 Å². The van der Waals surface area contributed by atoms with Crippen LogP contribution in [0.1, 0.15) is 21.6 Å². The number of benzene rings is 4. The van der Waals surface area contributed by atoms with Gasteiger partial charge in [0.2, 0.25) is 0 Å². The van der Waals surface area contributed by atoms with Gasteiger partial charge < -0.3 is 0 Å². The van der Waals surface area contributed by atoms with Crippen molar-refractivity contribution in [1.82, 2.24) is 10.4 Å². The molecule has 0 atom stereocenters. The van der Waals surface area contributed by atoms with Crippen molar-refractivity contribution in [3.63, 3.8) is 0 Å². The van der Waals surface area contributed by atoms with Crippen LogP contribution in [0, 0.1) is 6.92 Å². The number of nitrogens with one attached hydrogen (secondary N) is 1. The minimum atomic E-state index is -0.252. The van der Waals surface area contributed by atoms with Crippen molar-refractivity contribution in [3.05, 3.63) is 102 Å². The number of aryl methyl sites for hydroxylation is 1. The molecule has 0 aliphatic heterocycles. The van der Waals surface area contributed by atoms with E-state index in [9.17, 15) is 4.79 Å². The Kier molecular flexibility index (Phi) is 4.45. The van der Waals surface area contributed by atoms with Crippen molar-refractivity contribution >= 4 is 44.6 Å². The van der Waals surface area contributed by atoms with E-state index < -0.39 is 0 Å². The number of aromatic nitrogens is 1. The topological polar surface area (TPSA) is 54.4 Å². The Morgan fingerprint density at radius 2 is 1.43 bits per heavy atom. The molecule has 0 aliphatic carbocycles. The summed E-state index contributed by atoms with van der Waals surface area (Å²) in [5.41, 5.74) is 5.84. The molecule has 0 saturated carbocycles. The Bertz CT molecular complexity index is 1400. The highest BCUT2D eigenvalue weighted by Crippen LogP contribution is 2.27. The molecule has 0 unspecified atom stereocenters. The second-order valence-corrected chi connectivity index (χ2v) is 7.26. The molecule has 0 aliphatic rings. The van der Waals surface area contributed by atoms with Gasteiger partial charge in [-0.15, -0.1) is 0 Å². The second-order valence-electron chi connectivity index (χ2n) is 7.26. The first kappa shape index (κ1) is 18.0. The average molecular weight is 389 g/mol. The molecule has 0 radical (unpaired) electrons. The van der Waals surface area contributed by atoms with Crippen molar-refractivity contribution in [1.29, 1.82) is 0 Å². The monoisotopic (exact) mass is 389 g/mol. The number of hydrogen-bond acceptors (Lipinski definition) is 3. The van der Waals surface area contributed by atoms with E-state index in [-0.39, 0.29) is 5.91 Å². The third-order valence-electron chi connectivity index (χ3n) is 5.26. The summed E-state index contributed by atoms with van der Waals surface area (Å²) >= 11 is 0. The molecule has 0 bridgehead atoms. The van der Waals surface area contributed by atoms with Crippen LogP contribution in [0.2, 0.25) is 0 Å². The number of pyridine rings is 1. The number of rotatable bonds is 3. The normalized spacial score (nSPS) is 11.5. The molecule has 1 amide bonds. The molecule has 5 rings (SSSR count). The molecule has 0 spiro atoms. The Balaban J connectivity index is 1.54. The number of amides is 1. The van der Waals surface area contributed by atoms with Gasteiger partial charge in [-0.2, -0.15) is 5.10 Å². The van der Waals surface area contributed by atoms with E-state index in [1.54, 1.807) is 12.3 Å². The zero-order valence-electron chi connectivity index (χ0n) is 16.5. The van der Waals surface area contributed by atoms with Crippen LogP contribution >= 0.6 is 0 Å². The van der Waals surface area contributed by atoms with Gasteiger partial charge in [-0.1, -0.05) is 66.7 Å². The first-order valence-electron chi connectivity index (χ1n) is 9.81. The Hall–Kier alpha value is -4.05. The van der Waals surface area contributed by atoms with Crippen LogP contribution in [-0.4, -0.2) is 17.1 Å². The highest BCUT2D eigenvalue weighted by Gasteiger charge is 2.11. The minimum Gasteiger partial charge on any atom is -0.267 e. The quantitative estimate of drug-likeness (QED) is 0.248. The minimum absolute atomic E-state index is 0.252. The largest absolute Gasteiger partial charge is 0.272 e. The molecule has 1 heterocycles. The van der Waals surface area contributed by atoms with Crippen molar-refractivity contribution < 1.29 is 4.79 Å². The van der Waals surface area contributed by atoms with Crippen LogP contribution in [0.4, 0.5) is 0 Å². The molecule has 0 fully saturated rings. The molecule has 5 aromatic rings. The van der Waals surface area contributed by atoms with Gasteiger partial charge in [-0.25, -0.2) is 5.43 Å². The zero-order chi connectivity index (χ0) is 20.5. The molecular weight excluding hydrogens is 370 g/mol. The highest BCUT2D eigenvalue weighted by atomic mass is 16.2. The first-order valence-corrected chi connectivity index (χ1v) is 9.81. The molecule has 0 saturated heterocycles. The molecule has 30 heavy (non-hydrogen) atoms. The van der Waals surface area contributed by atoms with Gasteiger partial charge in [-0.05, 0) is 46.7 Å². The van der Waals surface area contributed by atoms with Crippen LogP contribution in [0.3, 0.4) is 0 Å². The number of hydrogen-bond donors (Lipinski definition) is 1. The lowest BCUT2D eigenvalue weighted by Crippen LogP contribution is -2.18. The van der Waals surface area contributed by atoms with E-state index in [2.05, 4.69) is 45.8 Å². The highest BCUT2D eigenvalue weighted by molar-refractivity contribution is 6.13. The summed E-state index contributed by atoms with van der Waals surface area (Å²) in [5, 5.41) is 9.59. The van der Waals surface area contributed by atoms with Gasteiger partial charge >= 0.3 is 0 Å². The summed E-state index contributed by atoms with van der Waals surface area (Å²) in [7, 11) is 0. The van der Waals surface area contributed by atoms with Gasteiger partial charge in [-0.3, -0.25) is 9.78 Å². The maximum Gasteiger partial charge on any atom is 0.272 e. The lowest BCUT2D eigenvalue weighted by Gasteiger charge is -2.08. The lowest BCUT2D eigenvalue weighted by molar-refractivity contribution is 0.0956. The predicted octanol–water partition coefficient (Wildman–Crippen LogP) is 5.61. The number of para-hydroxylation sites is 1. The van der Waals surface area contributed by atoms with Gasteiger partial charge in [0.15, 0.2) is 0 Å². The summed E-state index contributed by atoms with van der Waals surface area (Å²) in [6.07, 6.45) is 1.73. The van der Waals surface area contributed by atoms with Gasteiger partial charge in [0, 0.05) is 16.6 Å². The van der Waals surface area contributed by atoms with Crippen LogP contribution in [-0.2, 0) is 0 Å². The fourth-order valence-corrected chi connectivity index (χ4v) is 3.90. The molecule has 4 heteroatoms. The van der Waals surface area contributed by atoms with E-state index in [1.165, 1.54) is 0 Å². The van der Waals surface area contributed by atoms with E-state index >= 15 is 0 Å². The fraction of sp³-hybridized carbons (Fsp3) is 0.0385. The molecule has 4 aromatic carbocycles. The summed E-state index contributed by atoms with van der Waals surface area (Å²) in [5.74, 6) is -0.252. The SMILES string of the molecule is Cc1cc(C(=O)N/N=C\c2c3ccccc3cc3ccccc23)c2ccccc2n1. The van der Waals surface area contributed by atoms with Crippen molar-refractivity contribution in [2.45, 2.75) is 6.92 Å². The second kappa shape index (κ2) is 7.41. The number of hydrazone groups is 1. The fourth-order valence-electron chi connectivity index (χ4n) is 3.90.